The Labute approximate surface area is 89.0 Å². The van der Waals surface area contributed by atoms with Crippen molar-refractivity contribution in [2.75, 3.05) is 19.6 Å². The molecule has 2 rings (SSSR count). The van der Waals surface area contributed by atoms with E-state index in [1.165, 1.54) is 19.1 Å². The fraction of sp³-hybridized carbons (Fsp3) is 0.545. The first-order valence-electron chi connectivity index (χ1n) is 5.32. The monoisotopic (exact) mass is 208 g/mol. The molecule has 1 saturated carbocycles. The van der Waals surface area contributed by atoms with Crippen LogP contribution in [0.1, 0.15) is 23.4 Å². The van der Waals surface area contributed by atoms with E-state index in [0.29, 0.717) is 24.9 Å². The summed E-state index contributed by atoms with van der Waals surface area (Å²) < 4.78 is 5.07. The third kappa shape index (κ3) is 2.67. The Bertz CT molecular complexity index is 317. The summed E-state index contributed by atoms with van der Waals surface area (Å²) in [5.41, 5.74) is 5.51. The van der Waals surface area contributed by atoms with Crippen molar-refractivity contribution in [3.63, 3.8) is 0 Å². The second-order valence-electron chi connectivity index (χ2n) is 3.89. The number of nitrogens with zero attached hydrogens (tertiary/aromatic N) is 1. The van der Waals surface area contributed by atoms with Crippen LogP contribution in [0.2, 0.25) is 0 Å². The Balaban J connectivity index is 1.91. The Hall–Kier alpha value is -1.13. The average Bonchev–Trinajstić information content (AvgIpc) is 2.92. The first kappa shape index (κ1) is 10.4. The number of carbonyl (C=O) groups excluding carboxylic acids is 1. The third-order valence-electron chi connectivity index (χ3n) is 2.62. The zero-order chi connectivity index (χ0) is 10.7. The van der Waals surface area contributed by atoms with Gasteiger partial charge in [0, 0.05) is 19.1 Å². The maximum atomic E-state index is 11.7. The zero-order valence-electron chi connectivity index (χ0n) is 8.69. The normalized spacial score (nSPS) is 15.9. The third-order valence-corrected chi connectivity index (χ3v) is 2.62. The van der Waals surface area contributed by atoms with Gasteiger partial charge in [-0.3, -0.25) is 9.69 Å². The molecule has 0 bridgehead atoms. The molecule has 4 nitrogen and oxygen atoms in total. The van der Waals surface area contributed by atoms with Gasteiger partial charge < -0.3 is 10.2 Å². The summed E-state index contributed by atoms with van der Waals surface area (Å²) >= 11 is 0. The van der Waals surface area contributed by atoms with E-state index in [2.05, 4.69) is 4.90 Å². The number of hydrogen-bond acceptors (Lipinski definition) is 4. The van der Waals surface area contributed by atoms with Crippen molar-refractivity contribution in [3.05, 3.63) is 24.2 Å². The van der Waals surface area contributed by atoms with Gasteiger partial charge in [-0.25, -0.2) is 0 Å². The first-order chi connectivity index (χ1) is 7.31. The Morgan fingerprint density at radius 2 is 2.40 bits per heavy atom. The summed E-state index contributed by atoms with van der Waals surface area (Å²) in [5.74, 6) is 0.484. The Morgan fingerprint density at radius 1 is 1.60 bits per heavy atom. The van der Waals surface area contributed by atoms with Crippen LogP contribution in [0.3, 0.4) is 0 Å². The van der Waals surface area contributed by atoms with Gasteiger partial charge in [0.25, 0.3) is 0 Å². The summed E-state index contributed by atoms with van der Waals surface area (Å²) in [6.07, 6.45) is 3.90. The van der Waals surface area contributed by atoms with Gasteiger partial charge in [-0.1, -0.05) is 0 Å². The molecule has 0 aromatic carbocycles. The number of rotatable bonds is 6. The molecular weight excluding hydrogens is 192 g/mol. The minimum absolute atomic E-state index is 0.0420. The highest BCUT2D eigenvalue weighted by molar-refractivity contribution is 5.95. The van der Waals surface area contributed by atoms with E-state index in [9.17, 15) is 4.79 Å². The van der Waals surface area contributed by atoms with E-state index in [-0.39, 0.29) is 5.78 Å². The Kier molecular flexibility index (Phi) is 3.18. The van der Waals surface area contributed by atoms with Crippen molar-refractivity contribution in [1.82, 2.24) is 4.90 Å². The molecule has 1 fully saturated rings. The standard InChI is InChI=1S/C11H16N2O2/c12-5-6-13(9-3-4-9)8-10(14)11-2-1-7-15-11/h1-2,7,9H,3-6,8,12H2. The summed E-state index contributed by atoms with van der Waals surface area (Å²) in [4.78, 5) is 13.9. The highest BCUT2D eigenvalue weighted by Crippen LogP contribution is 2.26. The minimum atomic E-state index is 0.0420. The molecule has 1 aromatic rings. The molecule has 82 valence electrons. The topological polar surface area (TPSA) is 59.5 Å². The van der Waals surface area contributed by atoms with E-state index in [4.69, 9.17) is 10.2 Å². The van der Waals surface area contributed by atoms with Crippen molar-refractivity contribution in [3.8, 4) is 0 Å². The smallest absolute Gasteiger partial charge is 0.211 e. The molecule has 4 heteroatoms. The van der Waals surface area contributed by atoms with Gasteiger partial charge in [-0.05, 0) is 25.0 Å². The lowest BCUT2D eigenvalue weighted by Gasteiger charge is -2.19. The van der Waals surface area contributed by atoms with Crippen LogP contribution in [-0.2, 0) is 0 Å². The summed E-state index contributed by atoms with van der Waals surface area (Å²) in [7, 11) is 0. The number of furan rings is 1. The lowest BCUT2D eigenvalue weighted by Crippen LogP contribution is -2.35. The molecule has 0 aliphatic heterocycles. The second-order valence-corrected chi connectivity index (χ2v) is 3.89. The SMILES string of the molecule is NCCN(CC(=O)c1ccco1)C1CC1. The van der Waals surface area contributed by atoms with Crippen LogP contribution in [0.15, 0.2) is 22.8 Å². The van der Waals surface area contributed by atoms with E-state index in [1.807, 2.05) is 0 Å². The van der Waals surface area contributed by atoms with Crippen LogP contribution in [0.25, 0.3) is 0 Å². The van der Waals surface area contributed by atoms with E-state index < -0.39 is 0 Å². The largest absolute Gasteiger partial charge is 0.461 e. The van der Waals surface area contributed by atoms with Crippen molar-refractivity contribution in [2.45, 2.75) is 18.9 Å². The van der Waals surface area contributed by atoms with Gasteiger partial charge >= 0.3 is 0 Å². The lowest BCUT2D eigenvalue weighted by atomic mass is 10.2. The minimum Gasteiger partial charge on any atom is -0.461 e. The predicted octanol–water partition coefficient (Wildman–Crippen LogP) is 0.885. The molecule has 2 N–H and O–H groups in total. The molecule has 0 radical (unpaired) electrons. The van der Waals surface area contributed by atoms with Crippen LogP contribution in [0, 0.1) is 0 Å². The van der Waals surface area contributed by atoms with Crippen LogP contribution in [-0.4, -0.2) is 36.4 Å². The van der Waals surface area contributed by atoms with E-state index >= 15 is 0 Å². The lowest BCUT2D eigenvalue weighted by molar-refractivity contribution is 0.0899. The Morgan fingerprint density at radius 3 is 2.93 bits per heavy atom. The number of nitrogens with two attached hydrogens (primary N) is 1. The summed E-state index contributed by atoms with van der Waals surface area (Å²) in [6.45, 7) is 1.81. The van der Waals surface area contributed by atoms with Crippen molar-refractivity contribution in [2.24, 2.45) is 5.73 Å². The van der Waals surface area contributed by atoms with E-state index in [1.54, 1.807) is 12.1 Å². The van der Waals surface area contributed by atoms with Gasteiger partial charge in [0.15, 0.2) is 5.76 Å². The molecule has 1 heterocycles. The molecule has 1 aliphatic rings. The molecule has 0 saturated heterocycles. The highest BCUT2D eigenvalue weighted by atomic mass is 16.3. The quantitative estimate of drug-likeness (QED) is 0.705. The summed E-state index contributed by atoms with van der Waals surface area (Å²) in [5, 5.41) is 0. The average molecular weight is 208 g/mol. The number of hydrogen-bond donors (Lipinski definition) is 1. The fourth-order valence-electron chi connectivity index (χ4n) is 1.70. The maximum absolute atomic E-state index is 11.7. The van der Waals surface area contributed by atoms with Crippen LogP contribution in [0.5, 0.6) is 0 Å². The van der Waals surface area contributed by atoms with E-state index in [0.717, 1.165) is 6.54 Å². The molecule has 1 aromatic heterocycles. The molecule has 15 heavy (non-hydrogen) atoms. The van der Waals surface area contributed by atoms with Crippen LogP contribution < -0.4 is 5.73 Å². The fourth-order valence-corrected chi connectivity index (χ4v) is 1.70. The highest BCUT2D eigenvalue weighted by Gasteiger charge is 2.30. The van der Waals surface area contributed by atoms with Gasteiger partial charge in [-0.15, -0.1) is 0 Å². The predicted molar refractivity (Wildman–Crippen MR) is 56.7 cm³/mol. The number of carbonyl (C=O) groups is 1. The molecular formula is C11H16N2O2. The van der Waals surface area contributed by atoms with Gasteiger partial charge in [0.2, 0.25) is 5.78 Å². The number of Topliss-reactive ketones (excluding diaryl/α,β-unsaturated/α-hetero) is 1. The zero-order valence-corrected chi connectivity index (χ0v) is 8.69. The van der Waals surface area contributed by atoms with Crippen LogP contribution in [0.4, 0.5) is 0 Å². The second kappa shape index (κ2) is 4.59. The van der Waals surface area contributed by atoms with Crippen LogP contribution >= 0.6 is 0 Å². The molecule has 0 atom stereocenters. The van der Waals surface area contributed by atoms with Crippen molar-refractivity contribution < 1.29 is 9.21 Å². The van der Waals surface area contributed by atoms with Crippen molar-refractivity contribution >= 4 is 5.78 Å². The first-order valence-corrected chi connectivity index (χ1v) is 5.32. The molecule has 0 spiro atoms. The van der Waals surface area contributed by atoms with Crippen molar-refractivity contribution in [1.29, 1.82) is 0 Å². The maximum Gasteiger partial charge on any atom is 0.211 e. The summed E-state index contributed by atoms with van der Waals surface area (Å²) in [6, 6.07) is 4.00. The van der Waals surface area contributed by atoms with Gasteiger partial charge in [0.05, 0.1) is 12.8 Å². The number of ketones is 1. The van der Waals surface area contributed by atoms with Gasteiger partial charge in [0.1, 0.15) is 0 Å². The molecule has 0 unspecified atom stereocenters. The van der Waals surface area contributed by atoms with Gasteiger partial charge in [-0.2, -0.15) is 0 Å². The molecule has 0 amide bonds. The molecule has 1 aliphatic carbocycles.